The van der Waals surface area contributed by atoms with Crippen LogP contribution in [0.4, 0.5) is 0 Å². The van der Waals surface area contributed by atoms with Gasteiger partial charge in [0.25, 0.3) is 5.91 Å². The molecule has 1 amide bonds. The third kappa shape index (κ3) is 7.89. The third-order valence-corrected chi connectivity index (χ3v) is 4.13. The second-order valence-corrected chi connectivity index (χ2v) is 6.91. The van der Waals surface area contributed by atoms with Gasteiger partial charge in [0.2, 0.25) is 0 Å². The number of hydrogen-bond donors (Lipinski definition) is 1. The molecule has 28 heavy (non-hydrogen) atoms. The van der Waals surface area contributed by atoms with Gasteiger partial charge in [-0.05, 0) is 75.1 Å². The highest BCUT2D eigenvalue weighted by Crippen LogP contribution is 2.25. The first-order valence-electron chi connectivity index (χ1n) is 9.09. The summed E-state index contributed by atoms with van der Waals surface area (Å²) >= 11 is 6.30. The van der Waals surface area contributed by atoms with E-state index in [4.69, 9.17) is 11.6 Å². The normalized spacial score (nSPS) is 12.9. The molecule has 4 nitrogen and oxygen atoms in total. The molecule has 0 atom stereocenters. The van der Waals surface area contributed by atoms with E-state index < -0.39 is 0 Å². The number of nitrogens with zero attached hydrogens (tertiary/aromatic N) is 2. The molecule has 0 saturated carbocycles. The standard InChI is InChI=1S/C23H28ClN3O/c1-7-19-9-10-21(24)20(13-19)18(6)15-26-22(8-2)27-23(28)17(5)11-12-25-14-16(3)4/h8-15H,2,7H2,1,3-6H3,(H,26,27,28)/b17-11+,18-15+,25-12?. The van der Waals surface area contributed by atoms with Crippen molar-refractivity contribution < 1.29 is 4.79 Å². The summed E-state index contributed by atoms with van der Waals surface area (Å²) < 4.78 is 0. The first kappa shape index (κ1) is 23.3. The van der Waals surface area contributed by atoms with Gasteiger partial charge in [-0.15, -0.1) is 0 Å². The number of aryl methyl sites for hydroxylation is 1. The van der Waals surface area contributed by atoms with Crippen molar-refractivity contribution in [3.05, 3.63) is 76.6 Å². The summed E-state index contributed by atoms with van der Waals surface area (Å²) in [5.74, 6) is 0.0977. The van der Waals surface area contributed by atoms with E-state index >= 15 is 0 Å². The lowest BCUT2D eigenvalue weighted by Gasteiger charge is -2.07. The van der Waals surface area contributed by atoms with E-state index in [1.165, 1.54) is 11.6 Å². The molecule has 148 valence electrons. The van der Waals surface area contributed by atoms with Gasteiger partial charge < -0.3 is 5.32 Å². The summed E-state index contributed by atoms with van der Waals surface area (Å²) in [7, 11) is 0. The zero-order valence-corrected chi connectivity index (χ0v) is 18.0. The van der Waals surface area contributed by atoms with E-state index in [9.17, 15) is 4.79 Å². The van der Waals surface area contributed by atoms with Crippen molar-refractivity contribution in [2.75, 3.05) is 0 Å². The van der Waals surface area contributed by atoms with Gasteiger partial charge in [0.15, 0.2) is 0 Å². The minimum Gasteiger partial charge on any atom is -0.307 e. The molecule has 0 aliphatic carbocycles. The second-order valence-electron chi connectivity index (χ2n) is 6.51. The van der Waals surface area contributed by atoms with Gasteiger partial charge in [-0.1, -0.05) is 36.7 Å². The van der Waals surface area contributed by atoms with Crippen LogP contribution in [0.25, 0.3) is 5.57 Å². The number of aliphatic imine (C=N–C) groups is 2. The molecular weight excluding hydrogens is 370 g/mol. The zero-order valence-electron chi connectivity index (χ0n) is 17.2. The van der Waals surface area contributed by atoms with Crippen molar-refractivity contribution in [2.24, 2.45) is 9.98 Å². The predicted molar refractivity (Wildman–Crippen MR) is 122 cm³/mol. The summed E-state index contributed by atoms with van der Waals surface area (Å²) in [6, 6.07) is 5.94. The van der Waals surface area contributed by atoms with Gasteiger partial charge in [-0.25, -0.2) is 4.99 Å². The highest BCUT2D eigenvalue weighted by molar-refractivity contribution is 6.32. The van der Waals surface area contributed by atoms with Gasteiger partial charge in [0, 0.05) is 29.2 Å². The van der Waals surface area contributed by atoms with Crippen LogP contribution < -0.4 is 5.32 Å². The summed E-state index contributed by atoms with van der Waals surface area (Å²) in [6.45, 7) is 13.3. The number of allylic oxidation sites excluding steroid dienone is 3. The molecule has 0 saturated heterocycles. The molecule has 0 aliphatic rings. The summed E-state index contributed by atoms with van der Waals surface area (Å²) in [5, 5.41) is 3.40. The van der Waals surface area contributed by atoms with Gasteiger partial charge in [-0.3, -0.25) is 9.79 Å². The topological polar surface area (TPSA) is 53.8 Å². The molecule has 1 aromatic carbocycles. The fraction of sp³-hybridized carbons (Fsp3) is 0.261. The Balaban J connectivity index is 2.94. The van der Waals surface area contributed by atoms with Gasteiger partial charge in [-0.2, -0.15) is 0 Å². The number of carbonyl (C=O) groups excluding carboxylic acids is 1. The van der Waals surface area contributed by atoms with Crippen LogP contribution in [0.5, 0.6) is 0 Å². The Bertz CT molecular complexity index is 870. The zero-order chi connectivity index (χ0) is 21.1. The Morgan fingerprint density at radius 1 is 1.21 bits per heavy atom. The van der Waals surface area contributed by atoms with Crippen LogP contribution in [0.15, 0.2) is 70.5 Å². The molecule has 1 rings (SSSR count). The maximum Gasteiger partial charge on any atom is 0.252 e. The largest absolute Gasteiger partial charge is 0.307 e. The number of amides is 1. The molecule has 1 aromatic rings. The Labute approximate surface area is 173 Å². The number of rotatable bonds is 7. The van der Waals surface area contributed by atoms with E-state index in [1.807, 2.05) is 32.9 Å². The average molecular weight is 398 g/mol. The van der Waals surface area contributed by atoms with Crippen molar-refractivity contribution in [2.45, 2.75) is 41.0 Å². The lowest BCUT2D eigenvalue weighted by atomic mass is 10.0. The molecule has 0 unspecified atom stereocenters. The first-order valence-corrected chi connectivity index (χ1v) is 9.46. The molecule has 0 bridgehead atoms. The Hall–Kier alpha value is -2.72. The van der Waals surface area contributed by atoms with E-state index in [1.54, 1.807) is 31.6 Å². The van der Waals surface area contributed by atoms with Crippen LogP contribution in [-0.4, -0.2) is 18.0 Å². The highest BCUT2D eigenvalue weighted by Gasteiger charge is 2.06. The molecule has 0 aliphatic heterocycles. The molecule has 0 heterocycles. The quantitative estimate of drug-likeness (QED) is 0.347. The minimum atomic E-state index is -0.264. The van der Waals surface area contributed by atoms with Crippen LogP contribution in [-0.2, 0) is 11.2 Å². The monoisotopic (exact) mass is 397 g/mol. The fourth-order valence-corrected chi connectivity index (χ4v) is 2.37. The number of halogens is 1. The van der Waals surface area contributed by atoms with Crippen LogP contribution in [0, 0.1) is 0 Å². The second kappa shape index (κ2) is 11.9. The Kier molecular flexibility index (Phi) is 9.89. The van der Waals surface area contributed by atoms with Gasteiger partial charge in [0.1, 0.15) is 5.84 Å². The van der Waals surface area contributed by atoms with E-state index in [0.717, 1.165) is 23.1 Å². The lowest BCUT2D eigenvalue weighted by Crippen LogP contribution is -2.29. The molecule has 0 radical (unpaired) electrons. The van der Waals surface area contributed by atoms with Gasteiger partial charge >= 0.3 is 0 Å². The predicted octanol–water partition coefficient (Wildman–Crippen LogP) is 5.90. The Morgan fingerprint density at radius 2 is 1.93 bits per heavy atom. The van der Waals surface area contributed by atoms with E-state index in [0.29, 0.717) is 16.4 Å². The number of nitrogens with one attached hydrogen (secondary N) is 1. The number of benzene rings is 1. The highest BCUT2D eigenvalue weighted by atomic mass is 35.5. The SMILES string of the molecule is C=CC(=N/C=C(\C)c1cc(CC)ccc1Cl)NC(=O)/C(C)=C/C=NC=C(C)C. The molecular formula is C23H28ClN3O. The van der Waals surface area contributed by atoms with Gasteiger partial charge in [0.05, 0.1) is 0 Å². The minimum absolute atomic E-state index is 0.264. The van der Waals surface area contributed by atoms with Crippen molar-refractivity contribution in [1.82, 2.24) is 5.32 Å². The maximum absolute atomic E-state index is 12.3. The fourth-order valence-electron chi connectivity index (χ4n) is 2.10. The molecule has 1 N–H and O–H groups in total. The van der Waals surface area contributed by atoms with Crippen molar-refractivity contribution >= 4 is 35.1 Å². The summed E-state index contributed by atoms with van der Waals surface area (Å²) in [5.41, 5.74) is 4.62. The maximum atomic E-state index is 12.3. The molecule has 0 spiro atoms. The van der Waals surface area contributed by atoms with Crippen LogP contribution in [0.2, 0.25) is 5.02 Å². The number of carbonyl (C=O) groups is 1. The number of amidine groups is 1. The van der Waals surface area contributed by atoms with Crippen molar-refractivity contribution in [3.8, 4) is 0 Å². The summed E-state index contributed by atoms with van der Waals surface area (Å²) in [4.78, 5) is 20.7. The average Bonchev–Trinajstić information content (AvgIpc) is 2.67. The molecule has 0 aromatic heterocycles. The van der Waals surface area contributed by atoms with Crippen molar-refractivity contribution in [1.29, 1.82) is 0 Å². The van der Waals surface area contributed by atoms with E-state index in [-0.39, 0.29) is 5.91 Å². The van der Waals surface area contributed by atoms with Crippen LogP contribution >= 0.6 is 11.6 Å². The van der Waals surface area contributed by atoms with Crippen LogP contribution in [0.1, 0.15) is 45.7 Å². The smallest absolute Gasteiger partial charge is 0.252 e. The van der Waals surface area contributed by atoms with Crippen molar-refractivity contribution in [3.63, 3.8) is 0 Å². The Morgan fingerprint density at radius 3 is 2.54 bits per heavy atom. The van der Waals surface area contributed by atoms with E-state index in [2.05, 4.69) is 34.9 Å². The first-order chi connectivity index (χ1) is 13.3. The third-order valence-electron chi connectivity index (χ3n) is 3.80. The molecule has 5 heteroatoms. The number of hydrogen-bond acceptors (Lipinski definition) is 3. The summed E-state index contributed by atoms with van der Waals surface area (Å²) in [6.07, 6.45) is 9.05. The molecule has 0 fully saturated rings. The van der Waals surface area contributed by atoms with Crippen LogP contribution in [0.3, 0.4) is 0 Å². The lowest BCUT2D eigenvalue weighted by molar-refractivity contribution is -0.116.